The zero-order valence-corrected chi connectivity index (χ0v) is 11.4. The minimum atomic E-state index is -1.34. The van der Waals surface area contributed by atoms with Crippen LogP contribution in [0.2, 0.25) is 0 Å². The first-order chi connectivity index (χ1) is 7.04. The lowest BCUT2D eigenvalue weighted by Gasteiger charge is -2.22. The van der Waals surface area contributed by atoms with Crippen molar-refractivity contribution in [2.24, 2.45) is 5.73 Å². The molecule has 0 saturated heterocycles. The molecule has 0 heterocycles. The molecular weight excluding hydrogens is 248 g/mol. The predicted molar refractivity (Wildman–Crippen MR) is 66.3 cm³/mol. The minimum Gasteiger partial charge on any atom is -0.480 e. The fraction of sp³-hybridized carbons (Fsp3) is 0.800. The predicted octanol–water partition coefficient (Wildman–Crippen LogP) is 1.12. The Bertz CT molecular complexity index is 274. The standard InChI is InChI=1S/C10H20N2O4.ClH/c1-9(2,3)16-8(15)12-6-5-10(4,11)7(13)14;/h5-6,11H2,1-4H3,(H,12,15)(H,13,14);1H. The Labute approximate surface area is 107 Å². The van der Waals surface area contributed by atoms with Gasteiger partial charge in [-0.1, -0.05) is 0 Å². The van der Waals surface area contributed by atoms with Crippen LogP contribution in [-0.2, 0) is 9.53 Å². The van der Waals surface area contributed by atoms with Crippen molar-refractivity contribution in [3.05, 3.63) is 0 Å². The van der Waals surface area contributed by atoms with Gasteiger partial charge in [-0.3, -0.25) is 4.79 Å². The van der Waals surface area contributed by atoms with Gasteiger partial charge in [0.25, 0.3) is 0 Å². The number of carboxylic acid groups (broad SMARTS) is 1. The third kappa shape index (κ3) is 8.76. The van der Waals surface area contributed by atoms with Crippen molar-refractivity contribution in [2.45, 2.75) is 45.3 Å². The average Bonchev–Trinajstić information content (AvgIpc) is 1.99. The fourth-order valence-corrected chi connectivity index (χ4v) is 0.845. The molecule has 6 nitrogen and oxygen atoms in total. The number of carboxylic acids is 1. The molecule has 0 spiro atoms. The van der Waals surface area contributed by atoms with Gasteiger partial charge in [0.05, 0.1) is 0 Å². The van der Waals surface area contributed by atoms with Crippen LogP contribution in [0, 0.1) is 0 Å². The van der Waals surface area contributed by atoms with Crippen LogP contribution in [0.5, 0.6) is 0 Å². The van der Waals surface area contributed by atoms with Crippen LogP contribution in [0.25, 0.3) is 0 Å². The summed E-state index contributed by atoms with van der Waals surface area (Å²) >= 11 is 0. The van der Waals surface area contributed by atoms with E-state index in [1.807, 2.05) is 0 Å². The van der Waals surface area contributed by atoms with Gasteiger partial charge in [0.2, 0.25) is 0 Å². The van der Waals surface area contributed by atoms with E-state index in [0.29, 0.717) is 0 Å². The average molecular weight is 269 g/mol. The van der Waals surface area contributed by atoms with Crippen LogP contribution < -0.4 is 11.1 Å². The molecular formula is C10H21ClN2O4. The zero-order valence-electron chi connectivity index (χ0n) is 10.6. The highest BCUT2D eigenvalue weighted by Crippen LogP contribution is 2.07. The van der Waals surface area contributed by atoms with Crippen molar-refractivity contribution >= 4 is 24.5 Å². The molecule has 1 atom stereocenters. The molecule has 0 aromatic rings. The van der Waals surface area contributed by atoms with Crippen LogP contribution in [0.15, 0.2) is 0 Å². The van der Waals surface area contributed by atoms with Crippen molar-refractivity contribution in [3.63, 3.8) is 0 Å². The van der Waals surface area contributed by atoms with Crippen molar-refractivity contribution in [2.75, 3.05) is 6.54 Å². The summed E-state index contributed by atoms with van der Waals surface area (Å²) in [6, 6.07) is 0. The maximum absolute atomic E-state index is 11.2. The lowest BCUT2D eigenvalue weighted by Crippen LogP contribution is -2.47. The second-order valence-corrected chi connectivity index (χ2v) is 4.90. The summed E-state index contributed by atoms with van der Waals surface area (Å²) in [5.74, 6) is -1.10. The molecule has 0 aromatic carbocycles. The van der Waals surface area contributed by atoms with E-state index in [1.165, 1.54) is 6.92 Å². The van der Waals surface area contributed by atoms with E-state index < -0.39 is 23.2 Å². The van der Waals surface area contributed by atoms with Crippen LogP contribution in [0.4, 0.5) is 4.79 Å². The van der Waals surface area contributed by atoms with Gasteiger partial charge in [-0.2, -0.15) is 0 Å². The first-order valence-corrected chi connectivity index (χ1v) is 5.04. The number of ether oxygens (including phenoxy) is 1. The van der Waals surface area contributed by atoms with Gasteiger partial charge >= 0.3 is 12.1 Å². The molecule has 0 aromatic heterocycles. The summed E-state index contributed by atoms with van der Waals surface area (Å²) in [5.41, 5.74) is 3.58. The van der Waals surface area contributed by atoms with E-state index in [1.54, 1.807) is 20.8 Å². The van der Waals surface area contributed by atoms with E-state index in [-0.39, 0.29) is 25.4 Å². The molecule has 7 heteroatoms. The van der Waals surface area contributed by atoms with Crippen LogP contribution in [0.3, 0.4) is 0 Å². The maximum atomic E-state index is 11.2. The molecule has 0 rings (SSSR count). The molecule has 17 heavy (non-hydrogen) atoms. The summed E-state index contributed by atoms with van der Waals surface area (Å²) in [6.07, 6.45) is -0.435. The largest absolute Gasteiger partial charge is 0.480 e. The van der Waals surface area contributed by atoms with Crippen LogP contribution in [0.1, 0.15) is 34.1 Å². The molecule has 0 radical (unpaired) electrons. The Balaban J connectivity index is 0. The lowest BCUT2D eigenvalue weighted by atomic mass is 10.00. The van der Waals surface area contributed by atoms with Gasteiger partial charge in [-0.05, 0) is 34.1 Å². The smallest absolute Gasteiger partial charge is 0.407 e. The van der Waals surface area contributed by atoms with E-state index in [9.17, 15) is 9.59 Å². The number of carbonyl (C=O) groups excluding carboxylic acids is 1. The highest BCUT2D eigenvalue weighted by Gasteiger charge is 2.27. The van der Waals surface area contributed by atoms with Gasteiger partial charge in [-0.25, -0.2) is 4.79 Å². The molecule has 0 aliphatic carbocycles. The second kappa shape index (κ2) is 6.66. The van der Waals surface area contributed by atoms with Gasteiger partial charge in [-0.15, -0.1) is 12.4 Å². The van der Waals surface area contributed by atoms with Crippen molar-refractivity contribution in [3.8, 4) is 0 Å². The normalized spacial score (nSPS) is 14.2. The maximum Gasteiger partial charge on any atom is 0.407 e. The number of amides is 1. The van der Waals surface area contributed by atoms with E-state index in [4.69, 9.17) is 15.6 Å². The molecule has 102 valence electrons. The number of nitrogens with two attached hydrogens (primary N) is 1. The second-order valence-electron chi connectivity index (χ2n) is 4.90. The molecule has 0 saturated carbocycles. The SMILES string of the molecule is CC(C)(C)OC(=O)NCCC(C)(N)C(=O)O.Cl. The van der Waals surface area contributed by atoms with Gasteiger partial charge in [0.1, 0.15) is 11.1 Å². The molecule has 0 aliphatic rings. The number of nitrogens with one attached hydrogen (secondary N) is 1. The third-order valence-electron chi connectivity index (χ3n) is 1.80. The minimum absolute atomic E-state index is 0. The Kier molecular flexibility index (Phi) is 7.19. The zero-order chi connectivity index (χ0) is 13.0. The van der Waals surface area contributed by atoms with Crippen molar-refractivity contribution < 1.29 is 19.4 Å². The molecule has 0 bridgehead atoms. The summed E-state index contributed by atoms with van der Waals surface area (Å²) in [4.78, 5) is 21.8. The summed E-state index contributed by atoms with van der Waals surface area (Å²) < 4.78 is 4.97. The number of hydrogen-bond acceptors (Lipinski definition) is 4. The highest BCUT2D eigenvalue weighted by molar-refractivity contribution is 5.85. The number of alkyl carbamates (subject to hydrolysis) is 1. The number of carbonyl (C=O) groups is 2. The first-order valence-electron chi connectivity index (χ1n) is 5.04. The molecule has 0 aliphatic heterocycles. The topological polar surface area (TPSA) is 102 Å². The van der Waals surface area contributed by atoms with Gasteiger partial charge < -0.3 is 20.9 Å². The summed E-state index contributed by atoms with van der Waals surface area (Å²) in [7, 11) is 0. The Morgan fingerprint density at radius 3 is 2.12 bits per heavy atom. The number of hydrogen-bond donors (Lipinski definition) is 3. The quantitative estimate of drug-likeness (QED) is 0.709. The van der Waals surface area contributed by atoms with E-state index >= 15 is 0 Å². The lowest BCUT2D eigenvalue weighted by molar-refractivity contribution is -0.142. The molecule has 0 fully saturated rings. The van der Waals surface area contributed by atoms with Crippen LogP contribution in [-0.4, -0.2) is 34.9 Å². The van der Waals surface area contributed by atoms with E-state index in [2.05, 4.69) is 5.32 Å². The number of halogens is 1. The fourth-order valence-electron chi connectivity index (χ4n) is 0.845. The van der Waals surface area contributed by atoms with Crippen molar-refractivity contribution in [1.29, 1.82) is 0 Å². The van der Waals surface area contributed by atoms with Gasteiger partial charge in [0.15, 0.2) is 0 Å². The molecule has 4 N–H and O–H groups in total. The Morgan fingerprint density at radius 2 is 1.76 bits per heavy atom. The van der Waals surface area contributed by atoms with Crippen molar-refractivity contribution in [1.82, 2.24) is 5.32 Å². The van der Waals surface area contributed by atoms with Gasteiger partial charge in [0, 0.05) is 6.54 Å². The van der Waals surface area contributed by atoms with Crippen LogP contribution >= 0.6 is 12.4 Å². The van der Waals surface area contributed by atoms with E-state index in [0.717, 1.165) is 0 Å². The number of rotatable bonds is 4. The highest BCUT2D eigenvalue weighted by atomic mass is 35.5. The Morgan fingerprint density at radius 1 is 1.29 bits per heavy atom. The Hall–Kier alpha value is -1.01. The number of aliphatic carboxylic acids is 1. The summed E-state index contributed by atoms with van der Waals surface area (Å²) in [6.45, 7) is 6.80. The molecule has 1 unspecified atom stereocenters. The molecule has 1 amide bonds. The summed E-state index contributed by atoms with van der Waals surface area (Å²) in [5, 5.41) is 11.2. The third-order valence-corrected chi connectivity index (χ3v) is 1.80. The first kappa shape index (κ1) is 18.4. The monoisotopic (exact) mass is 268 g/mol.